The zero-order chi connectivity index (χ0) is 22.8. The van der Waals surface area contributed by atoms with Crippen molar-refractivity contribution in [2.75, 3.05) is 32.7 Å². The number of aromatic nitrogens is 5. The first-order valence-corrected chi connectivity index (χ1v) is 11.7. The highest BCUT2D eigenvalue weighted by Gasteiger charge is 2.28. The predicted molar refractivity (Wildman–Crippen MR) is 123 cm³/mol. The summed E-state index contributed by atoms with van der Waals surface area (Å²) in [5.74, 6) is 0.375. The van der Waals surface area contributed by atoms with Gasteiger partial charge in [0.05, 0.1) is 24.0 Å². The van der Waals surface area contributed by atoms with Gasteiger partial charge in [0, 0.05) is 49.8 Å². The Morgan fingerprint density at radius 2 is 1.85 bits per heavy atom. The minimum absolute atomic E-state index is 0.0165. The van der Waals surface area contributed by atoms with Gasteiger partial charge in [-0.2, -0.15) is 0 Å². The van der Waals surface area contributed by atoms with Crippen molar-refractivity contribution in [2.24, 2.45) is 13.0 Å². The number of amides is 1. The van der Waals surface area contributed by atoms with E-state index in [0.29, 0.717) is 31.7 Å². The zero-order valence-corrected chi connectivity index (χ0v) is 19.0. The minimum atomic E-state index is -0.0165. The minimum Gasteiger partial charge on any atom is -0.342 e. The van der Waals surface area contributed by atoms with Crippen molar-refractivity contribution >= 4 is 22.6 Å². The number of nitrogens with zero attached hydrogens (tertiary/aromatic N) is 7. The van der Waals surface area contributed by atoms with E-state index < -0.39 is 0 Å². The molecule has 2 fully saturated rings. The molecule has 9 heteroatoms. The summed E-state index contributed by atoms with van der Waals surface area (Å²) in [6.07, 6.45) is 7.71. The van der Waals surface area contributed by atoms with Crippen LogP contribution in [0.3, 0.4) is 0 Å². The van der Waals surface area contributed by atoms with Gasteiger partial charge in [-0.05, 0) is 57.0 Å². The number of ketones is 1. The van der Waals surface area contributed by atoms with E-state index in [9.17, 15) is 9.59 Å². The van der Waals surface area contributed by atoms with Crippen LogP contribution in [-0.2, 0) is 23.1 Å². The number of hydrogen-bond donors (Lipinski definition) is 0. The molecule has 9 nitrogen and oxygen atoms in total. The normalized spacial score (nSPS) is 17.7. The number of fused-ring (bicyclic) bond motifs is 1. The third-order valence-corrected chi connectivity index (χ3v) is 6.71. The van der Waals surface area contributed by atoms with Gasteiger partial charge in [0.15, 0.2) is 0 Å². The van der Waals surface area contributed by atoms with Crippen LogP contribution in [0.4, 0.5) is 0 Å². The highest BCUT2D eigenvalue weighted by atomic mass is 16.2. The monoisotopic (exact) mass is 447 g/mol. The molecule has 2 aliphatic rings. The number of rotatable bonds is 6. The number of Topliss-reactive ketones (excluding diaryl/α,β-unsaturated/α-hetero) is 1. The second-order valence-corrected chi connectivity index (χ2v) is 9.12. The van der Waals surface area contributed by atoms with Gasteiger partial charge >= 0.3 is 0 Å². The van der Waals surface area contributed by atoms with E-state index >= 15 is 0 Å². The maximum Gasteiger partial charge on any atom is 0.236 e. The van der Waals surface area contributed by atoms with E-state index in [0.717, 1.165) is 48.2 Å². The van der Waals surface area contributed by atoms with Crippen molar-refractivity contribution in [3.63, 3.8) is 0 Å². The van der Waals surface area contributed by atoms with Crippen LogP contribution in [0.15, 0.2) is 30.6 Å². The second kappa shape index (κ2) is 9.35. The zero-order valence-electron chi connectivity index (χ0n) is 19.0. The summed E-state index contributed by atoms with van der Waals surface area (Å²) in [6, 6.07) is 5.75. The Morgan fingerprint density at radius 3 is 2.58 bits per heavy atom. The summed E-state index contributed by atoms with van der Waals surface area (Å²) in [6.45, 7) is 3.89. The lowest BCUT2D eigenvalue weighted by Crippen LogP contribution is -2.44. The van der Waals surface area contributed by atoms with Crippen molar-refractivity contribution in [2.45, 2.75) is 32.1 Å². The molecule has 5 rings (SSSR count). The summed E-state index contributed by atoms with van der Waals surface area (Å²) in [5, 5.41) is 9.01. The van der Waals surface area contributed by atoms with Gasteiger partial charge in [-0.15, -0.1) is 5.10 Å². The molecule has 0 aliphatic carbocycles. The molecule has 0 unspecified atom stereocenters. The molecule has 172 valence electrons. The fourth-order valence-corrected chi connectivity index (χ4v) is 4.77. The SMILES string of the molecule is Cn1cc(-c2ccc3cnc(CC(=O)C4CCN(C(=O)CN5CCCC5)CC4)cc3n2)nn1. The Balaban J connectivity index is 1.19. The molecule has 0 N–H and O–H groups in total. The van der Waals surface area contributed by atoms with E-state index in [1.54, 1.807) is 10.9 Å². The Kier molecular flexibility index (Phi) is 6.13. The Labute approximate surface area is 192 Å². The molecule has 2 saturated heterocycles. The van der Waals surface area contributed by atoms with Crippen molar-refractivity contribution in [3.8, 4) is 11.4 Å². The average Bonchev–Trinajstić information content (AvgIpc) is 3.50. The number of carbonyl (C=O) groups excluding carboxylic acids is 2. The van der Waals surface area contributed by atoms with Crippen molar-refractivity contribution < 1.29 is 9.59 Å². The van der Waals surface area contributed by atoms with Gasteiger partial charge in [0.2, 0.25) is 5.91 Å². The highest BCUT2D eigenvalue weighted by molar-refractivity contribution is 5.86. The molecule has 3 aromatic rings. The van der Waals surface area contributed by atoms with Gasteiger partial charge < -0.3 is 4.90 Å². The van der Waals surface area contributed by atoms with E-state index in [2.05, 4.69) is 20.2 Å². The molecule has 0 atom stereocenters. The smallest absolute Gasteiger partial charge is 0.236 e. The Hall–Kier alpha value is -3.20. The Bertz CT molecular complexity index is 1160. The molecule has 0 bridgehead atoms. The van der Waals surface area contributed by atoms with Crippen molar-refractivity contribution in [1.82, 2.24) is 34.8 Å². The third kappa shape index (κ3) is 4.93. The van der Waals surface area contributed by atoms with E-state index in [4.69, 9.17) is 4.98 Å². The maximum absolute atomic E-state index is 13.0. The lowest BCUT2D eigenvalue weighted by Gasteiger charge is -2.32. The second-order valence-electron chi connectivity index (χ2n) is 9.12. The van der Waals surface area contributed by atoms with Gasteiger partial charge in [-0.3, -0.25) is 24.2 Å². The van der Waals surface area contributed by atoms with Crippen LogP contribution in [0.1, 0.15) is 31.4 Å². The van der Waals surface area contributed by atoms with Gasteiger partial charge in [-0.1, -0.05) is 5.21 Å². The van der Waals surface area contributed by atoms with Crippen molar-refractivity contribution in [1.29, 1.82) is 0 Å². The largest absolute Gasteiger partial charge is 0.342 e. The molecule has 33 heavy (non-hydrogen) atoms. The first-order valence-electron chi connectivity index (χ1n) is 11.7. The van der Waals surface area contributed by atoms with Crippen LogP contribution in [0.25, 0.3) is 22.3 Å². The van der Waals surface area contributed by atoms with E-state index in [-0.39, 0.29) is 17.6 Å². The molecular weight excluding hydrogens is 418 g/mol. The fraction of sp³-hybridized carbons (Fsp3) is 0.500. The quantitative estimate of drug-likeness (QED) is 0.569. The Morgan fingerprint density at radius 1 is 1.06 bits per heavy atom. The lowest BCUT2D eigenvalue weighted by atomic mass is 9.90. The van der Waals surface area contributed by atoms with Crippen molar-refractivity contribution in [3.05, 3.63) is 36.3 Å². The lowest BCUT2D eigenvalue weighted by molar-refractivity contribution is -0.135. The summed E-state index contributed by atoms with van der Waals surface area (Å²) >= 11 is 0. The standard InChI is InChI=1S/C24H29N7O2/c1-29-15-22(27-28-29)20-5-4-18-14-25-19(12-21(18)26-20)13-23(32)17-6-10-31(11-7-17)24(33)16-30-8-2-3-9-30/h4-5,12,14-15,17H,2-3,6-11,13,16H2,1H3. The molecule has 5 heterocycles. The van der Waals surface area contributed by atoms with Crippen LogP contribution in [0.5, 0.6) is 0 Å². The van der Waals surface area contributed by atoms with Crippen LogP contribution < -0.4 is 0 Å². The summed E-state index contributed by atoms with van der Waals surface area (Å²) in [4.78, 5) is 38.8. The fourth-order valence-electron chi connectivity index (χ4n) is 4.77. The summed E-state index contributed by atoms with van der Waals surface area (Å²) < 4.78 is 1.64. The van der Waals surface area contributed by atoms with E-state index in [1.807, 2.05) is 36.3 Å². The first kappa shape index (κ1) is 21.6. The molecule has 0 radical (unpaired) electrons. The predicted octanol–water partition coefficient (Wildman–Crippen LogP) is 1.87. The average molecular weight is 448 g/mol. The number of piperidine rings is 1. The summed E-state index contributed by atoms with van der Waals surface area (Å²) in [7, 11) is 1.82. The van der Waals surface area contributed by atoms with Gasteiger partial charge in [0.1, 0.15) is 11.5 Å². The van der Waals surface area contributed by atoms with E-state index in [1.165, 1.54) is 12.8 Å². The number of hydrogen-bond acceptors (Lipinski definition) is 7. The van der Waals surface area contributed by atoms with Crippen LogP contribution in [-0.4, -0.2) is 79.2 Å². The van der Waals surface area contributed by atoms with Gasteiger partial charge in [0.25, 0.3) is 0 Å². The molecule has 0 aromatic carbocycles. The van der Waals surface area contributed by atoms with Crippen LogP contribution in [0, 0.1) is 5.92 Å². The number of carbonyl (C=O) groups is 2. The maximum atomic E-state index is 13.0. The first-order chi connectivity index (χ1) is 16.0. The molecule has 0 spiro atoms. The van der Waals surface area contributed by atoms with Crippen LogP contribution >= 0.6 is 0 Å². The molecular formula is C24H29N7O2. The highest BCUT2D eigenvalue weighted by Crippen LogP contribution is 2.22. The summed E-state index contributed by atoms with van der Waals surface area (Å²) in [5.41, 5.74) is 2.96. The molecule has 3 aromatic heterocycles. The number of pyridine rings is 2. The van der Waals surface area contributed by atoms with Crippen LogP contribution in [0.2, 0.25) is 0 Å². The number of aryl methyl sites for hydroxylation is 1. The van der Waals surface area contributed by atoms with Gasteiger partial charge in [-0.25, -0.2) is 4.98 Å². The third-order valence-electron chi connectivity index (χ3n) is 6.71. The molecule has 0 saturated carbocycles. The molecule has 1 amide bonds. The number of likely N-dealkylation sites (tertiary alicyclic amines) is 2. The topological polar surface area (TPSA) is 97.1 Å². The molecule has 2 aliphatic heterocycles.